The topological polar surface area (TPSA) is 78.9 Å². The second kappa shape index (κ2) is 50.2. The van der Waals surface area contributed by atoms with Gasteiger partial charge in [0.15, 0.2) is 6.10 Å². The Morgan fingerprint density at radius 1 is 0.339 bits per heavy atom. The molecule has 0 aliphatic carbocycles. The number of allylic oxidation sites excluding steroid dienone is 14. The molecule has 0 aromatic heterocycles. The molecule has 1 atom stereocenters. The van der Waals surface area contributed by atoms with Gasteiger partial charge in [-0.05, 0) is 89.9 Å². The van der Waals surface area contributed by atoms with E-state index in [0.29, 0.717) is 19.3 Å². The maximum absolute atomic E-state index is 12.8. The van der Waals surface area contributed by atoms with E-state index in [9.17, 15) is 14.4 Å². The molecule has 0 radical (unpaired) electrons. The number of unbranched alkanes of at least 4 members (excludes halogenated alkanes) is 24. The predicted octanol–water partition coefficient (Wildman–Crippen LogP) is 16.8. The monoisotopic (exact) mass is 863 g/mol. The van der Waals surface area contributed by atoms with E-state index in [4.69, 9.17) is 14.2 Å². The number of carbonyl (C=O) groups excluding carboxylic acids is 3. The lowest BCUT2D eigenvalue weighted by Crippen LogP contribution is -2.30. The first-order valence-electron chi connectivity index (χ1n) is 25.7. The van der Waals surface area contributed by atoms with Crippen molar-refractivity contribution in [3.05, 3.63) is 85.1 Å². The van der Waals surface area contributed by atoms with Gasteiger partial charge in [0.1, 0.15) is 13.2 Å². The molecule has 0 saturated carbocycles. The van der Waals surface area contributed by atoms with Crippen LogP contribution >= 0.6 is 0 Å². The Balaban J connectivity index is 4.50. The van der Waals surface area contributed by atoms with Crippen molar-refractivity contribution in [3.8, 4) is 0 Å². The summed E-state index contributed by atoms with van der Waals surface area (Å²) in [5.74, 6) is -0.970. The molecule has 0 aromatic carbocycles. The first kappa shape index (κ1) is 58.6. The maximum atomic E-state index is 12.8. The number of carbonyl (C=O) groups is 3. The van der Waals surface area contributed by atoms with Gasteiger partial charge >= 0.3 is 17.9 Å². The van der Waals surface area contributed by atoms with E-state index < -0.39 is 6.10 Å². The van der Waals surface area contributed by atoms with Gasteiger partial charge < -0.3 is 14.2 Å². The zero-order valence-corrected chi connectivity index (χ0v) is 40.4. The van der Waals surface area contributed by atoms with Crippen molar-refractivity contribution in [2.24, 2.45) is 0 Å². The molecule has 354 valence electrons. The number of rotatable bonds is 45. The van der Waals surface area contributed by atoms with Crippen molar-refractivity contribution in [2.45, 2.75) is 239 Å². The lowest BCUT2D eigenvalue weighted by Gasteiger charge is -2.18. The van der Waals surface area contributed by atoms with E-state index in [0.717, 1.165) is 109 Å². The van der Waals surface area contributed by atoms with E-state index >= 15 is 0 Å². The van der Waals surface area contributed by atoms with Crippen LogP contribution in [0.25, 0.3) is 0 Å². The molecule has 0 bridgehead atoms. The summed E-state index contributed by atoms with van der Waals surface area (Å²) >= 11 is 0. The third-order valence-electron chi connectivity index (χ3n) is 10.7. The highest BCUT2D eigenvalue weighted by Crippen LogP contribution is 2.13. The average Bonchev–Trinajstić information content (AvgIpc) is 3.27. The highest BCUT2D eigenvalue weighted by atomic mass is 16.6. The largest absolute Gasteiger partial charge is 0.462 e. The molecule has 0 aromatic rings. The van der Waals surface area contributed by atoms with Crippen molar-refractivity contribution >= 4 is 17.9 Å². The summed E-state index contributed by atoms with van der Waals surface area (Å²) in [4.78, 5) is 37.9. The van der Waals surface area contributed by atoms with Crippen LogP contribution in [0, 0.1) is 0 Å². The van der Waals surface area contributed by atoms with Gasteiger partial charge in [0.2, 0.25) is 0 Å². The molecule has 0 aliphatic heterocycles. The molecule has 0 fully saturated rings. The lowest BCUT2D eigenvalue weighted by atomic mass is 10.1. The SMILES string of the molecule is CC\C=C/C=C\C=C/C=C\CCCCCCCC(=O)OC(COC(=O)CCCCC/C=C\C=C/CCCCCCCCC)COC(=O)CCCCC/C=C\CCCCCCCC. The van der Waals surface area contributed by atoms with Gasteiger partial charge in [-0.25, -0.2) is 0 Å². The van der Waals surface area contributed by atoms with Gasteiger partial charge in [-0.2, -0.15) is 0 Å². The Bertz CT molecular complexity index is 1220. The Morgan fingerprint density at radius 2 is 0.645 bits per heavy atom. The van der Waals surface area contributed by atoms with Crippen LogP contribution in [0.5, 0.6) is 0 Å². The normalized spacial score (nSPS) is 12.8. The van der Waals surface area contributed by atoms with Crippen molar-refractivity contribution in [3.63, 3.8) is 0 Å². The van der Waals surface area contributed by atoms with Crippen LogP contribution < -0.4 is 0 Å². The molecule has 0 N–H and O–H groups in total. The number of hydrogen-bond donors (Lipinski definition) is 0. The third kappa shape index (κ3) is 47.6. The summed E-state index contributed by atoms with van der Waals surface area (Å²) in [6.45, 7) is 6.42. The van der Waals surface area contributed by atoms with Gasteiger partial charge in [0.25, 0.3) is 0 Å². The number of hydrogen-bond acceptors (Lipinski definition) is 6. The van der Waals surface area contributed by atoms with Gasteiger partial charge in [-0.3, -0.25) is 14.4 Å². The summed E-state index contributed by atoms with van der Waals surface area (Å²) in [5, 5.41) is 0. The zero-order valence-electron chi connectivity index (χ0n) is 40.4. The van der Waals surface area contributed by atoms with Gasteiger partial charge in [0.05, 0.1) is 0 Å². The predicted molar refractivity (Wildman–Crippen MR) is 265 cm³/mol. The zero-order chi connectivity index (χ0) is 45.1. The van der Waals surface area contributed by atoms with Crippen molar-refractivity contribution in [1.82, 2.24) is 0 Å². The Labute approximate surface area is 382 Å². The highest BCUT2D eigenvalue weighted by molar-refractivity contribution is 5.71. The second-order valence-electron chi connectivity index (χ2n) is 16.8. The summed E-state index contributed by atoms with van der Waals surface area (Å²) in [7, 11) is 0. The fourth-order valence-electron chi connectivity index (χ4n) is 6.85. The lowest BCUT2D eigenvalue weighted by molar-refractivity contribution is -0.167. The van der Waals surface area contributed by atoms with E-state index in [-0.39, 0.29) is 31.1 Å². The second-order valence-corrected chi connectivity index (χ2v) is 16.8. The standard InChI is InChI=1S/C56H94O6/c1-4-7-10-13-16-19-22-25-27-29-31-34-37-40-43-46-49-55(58)61-52-53(51-60-54(57)48-45-42-39-36-33-30-24-21-18-15-12-9-6-3)62-56(59)50-47-44-41-38-35-32-28-26-23-20-17-14-11-8-5-2/h8,11,14,17,20,23,26-31,33-34,53H,4-7,9-10,12-13,15-16,18-19,21-22,24-25,32,35-52H2,1-3H3/b11-8-,17-14-,23-20-,28-26-,29-27-,33-30-,34-31-. The van der Waals surface area contributed by atoms with E-state index in [1.54, 1.807) is 0 Å². The van der Waals surface area contributed by atoms with Gasteiger partial charge in [0, 0.05) is 19.3 Å². The van der Waals surface area contributed by atoms with Crippen LogP contribution in [0.4, 0.5) is 0 Å². The summed E-state index contributed by atoms with van der Waals surface area (Å²) in [6, 6.07) is 0. The van der Waals surface area contributed by atoms with E-state index in [1.165, 1.54) is 83.5 Å². The maximum Gasteiger partial charge on any atom is 0.306 e. The molecule has 62 heavy (non-hydrogen) atoms. The van der Waals surface area contributed by atoms with Gasteiger partial charge in [-0.1, -0.05) is 209 Å². The first-order valence-corrected chi connectivity index (χ1v) is 25.7. The molecule has 6 nitrogen and oxygen atoms in total. The van der Waals surface area contributed by atoms with Crippen molar-refractivity contribution in [2.75, 3.05) is 13.2 Å². The summed E-state index contributed by atoms with van der Waals surface area (Å²) in [6.07, 6.45) is 64.2. The minimum Gasteiger partial charge on any atom is -0.462 e. The quantitative estimate of drug-likeness (QED) is 0.0199. The van der Waals surface area contributed by atoms with E-state index in [1.807, 2.05) is 24.3 Å². The Hall–Kier alpha value is -3.41. The average molecular weight is 863 g/mol. The molecule has 0 rings (SSSR count). The van der Waals surface area contributed by atoms with Crippen LogP contribution in [0.3, 0.4) is 0 Å². The van der Waals surface area contributed by atoms with Gasteiger partial charge in [-0.15, -0.1) is 0 Å². The molecule has 6 heteroatoms. The van der Waals surface area contributed by atoms with Crippen molar-refractivity contribution < 1.29 is 28.6 Å². The molecular weight excluding hydrogens is 769 g/mol. The smallest absolute Gasteiger partial charge is 0.306 e. The molecule has 0 spiro atoms. The molecule has 0 saturated heterocycles. The van der Waals surface area contributed by atoms with E-state index in [2.05, 4.69) is 81.5 Å². The summed E-state index contributed by atoms with van der Waals surface area (Å²) in [5.41, 5.74) is 0. The van der Waals surface area contributed by atoms with Crippen LogP contribution in [0.1, 0.15) is 233 Å². The highest BCUT2D eigenvalue weighted by Gasteiger charge is 2.19. The molecule has 0 aliphatic rings. The minimum absolute atomic E-state index is 0.103. The number of esters is 3. The first-order chi connectivity index (χ1) is 30.5. The van der Waals surface area contributed by atoms with Crippen LogP contribution in [-0.4, -0.2) is 37.2 Å². The number of ether oxygens (including phenoxy) is 3. The fourth-order valence-corrected chi connectivity index (χ4v) is 6.85. The van der Waals surface area contributed by atoms with Crippen LogP contribution in [0.2, 0.25) is 0 Å². The molecule has 0 amide bonds. The third-order valence-corrected chi connectivity index (χ3v) is 10.7. The molecule has 1 unspecified atom stereocenters. The Morgan fingerprint density at radius 3 is 1.06 bits per heavy atom. The van der Waals surface area contributed by atoms with Crippen LogP contribution in [0.15, 0.2) is 85.1 Å². The minimum atomic E-state index is -0.805. The Kier molecular flexibility index (Phi) is 47.5. The van der Waals surface area contributed by atoms with Crippen molar-refractivity contribution in [1.29, 1.82) is 0 Å². The summed E-state index contributed by atoms with van der Waals surface area (Å²) < 4.78 is 16.7. The molecule has 0 heterocycles. The fraction of sp³-hybridized carbons (Fsp3) is 0.696. The molecular formula is C56H94O6. The van der Waals surface area contributed by atoms with Crippen LogP contribution in [-0.2, 0) is 28.6 Å².